The van der Waals surface area contributed by atoms with Crippen LogP contribution in [-0.2, 0) is 0 Å². The number of Topliss-reactive ketones (excluding diaryl/α,β-unsaturated/α-hetero) is 1. The molecule has 26 heavy (non-hydrogen) atoms. The molecule has 5 heteroatoms. The van der Waals surface area contributed by atoms with Gasteiger partial charge in [0, 0.05) is 25.4 Å². The maximum atomic E-state index is 12.7. The SMILES string of the molecule is Cc1ccc2c(c1)C(=O)C[C@@H]([C@@H]1CCCN(C(=O)c3ccc(C)o3)C1)O2. The quantitative estimate of drug-likeness (QED) is 0.824. The maximum Gasteiger partial charge on any atom is 0.289 e. The van der Waals surface area contributed by atoms with Crippen LogP contribution in [0.1, 0.15) is 51.5 Å². The molecule has 0 spiro atoms. The molecule has 5 nitrogen and oxygen atoms in total. The third kappa shape index (κ3) is 3.14. The fourth-order valence-electron chi connectivity index (χ4n) is 3.93. The predicted molar refractivity (Wildman–Crippen MR) is 96.6 cm³/mol. The van der Waals surface area contributed by atoms with Gasteiger partial charge in [0.05, 0.1) is 5.56 Å². The Morgan fingerprint density at radius 1 is 1.19 bits per heavy atom. The number of hydrogen-bond acceptors (Lipinski definition) is 4. The van der Waals surface area contributed by atoms with E-state index < -0.39 is 0 Å². The summed E-state index contributed by atoms with van der Waals surface area (Å²) in [7, 11) is 0. The fourth-order valence-corrected chi connectivity index (χ4v) is 3.93. The molecular weight excluding hydrogens is 330 g/mol. The van der Waals surface area contributed by atoms with Crippen molar-refractivity contribution in [2.75, 3.05) is 13.1 Å². The van der Waals surface area contributed by atoms with Crippen LogP contribution in [0.15, 0.2) is 34.7 Å². The first-order valence-electron chi connectivity index (χ1n) is 9.17. The van der Waals surface area contributed by atoms with Gasteiger partial charge in [-0.25, -0.2) is 0 Å². The highest BCUT2D eigenvalue weighted by Crippen LogP contribution is 2.34. The lowest BCUT2D eigenvalue weighted by Crippen LogP contribution is -2.46. The van der Waals surface area contributed by atoms with Gasteiger partial charge in [0.1, 0.15) is 17.6 Å². The van der Waals surface area contributed by atoms with Crippen molar-refractivity contribution in [3.8, 4) is 5.75 Å². The number of rotatable bonds is 2. The average Bonchev–Trinajstić information content (AvgIpc) is 3.08. The summed E-state index contributed by atoms with van der Waals surface area (Å²) in [6.45, 7) is 5.11. The third-order valence-corrected chi connectivity index (χ3v) is 5.32. The Kier molecular flexibility index (Phi) is 4.31. The van der Waals surface area contributed by atoms with Crippen LogP contribution in [0.25, 0.3) is 0 Å². The molecule has 1 fully saturated rings. The van der Waals surface area contributed by atoms with Crippen molar-refractivity contribution in [1.29, 1.82) is 0 Å². The Bertz CT molecular complexity index is 853. The van der Waals surface area contributed by atoms with Gasteiger partial charge in [-0.05, 0) is 51.0 Å². The number of aryl methyl sites for hydroxylation is 2. The lowest BCUT2D eigenvalue weighted by molar-refractivity contribution is 0.0391. The topological polar surface area (TPSA) is 59.8 Å². The number of piperidine rings is 1. The van der Waals surface area contributed by atoms with Crippen molar-refractivity contribution < 1.29 is 18.7 Å². The average molecular weight is 353 g/mol. The van der Waals surface area contributed by atoms with E-state index in [1.807, 2.05) is 36.9 Å². The molecule has 0 unspecified atom stereocenters. The molecule has 2 aromatic rings. The van der Waals surface area contributed by atoms with Gasteiger partial charge in [0.15, 0.2) is 11.5 Å². The Morgan fingerprint density at radius 2 is 2.04 bits per heavy atom. The minimum atomic E-state index is -0.174. The number of furan rings is 1. The molecule has 0 N–H and O–H groups in total. The Hall–Kier alpha value is -2.56. The van der Waals surface area contributed by atoms with Crippen molar-refractivity contribution in [1.82, 2.24) is 4.90 Å². The van der Waals surface area contributed by atoms with E-state index in [9.17, 15) is 9.59 Å². The van der Waals surface area contributed by atoms with Gasteiger partial charge in [-0.2, -0.15) is 0 Å². The molecule has 3 heterocycles. The zero-order chi connectivity index (χ0) is 18.3. The molecule has 1 aromatic heterocycles. The second kappa shape index (κ2) is 6.63. The number of carbonyl (C=O) groups excluding carboxylic acids is 2. The lowest BCUT2D eigenvalue weighted by atomic mass is 9.86. The van der Waals surface area contributed by atoms with E-state index in [0.717, 1.165) is 24.2 Å². The van der Waals surface area contributed by atoms with E-state index >= 15 is 0 Å². The van der Waals surface area contributed by atoms with Crippen LogP contribution in [0, 0.1) is 19.8 Å². The van der Waals surface area contributed by atoms with Crippen LogP contribution >= 0.6 is 0 Å². The van der Waals surface area contributed by atoms with Crippen LogP contribution < -0.4 is 4.74 Å². The number of hydrogen-bond donors (Lipinski definition) is 0. The summed E-state index contributed by atoms with van der Waals surface area (Å²) in [5, 5.41) is 0. The van der Waals surface area contributed by atoms with Crippen LogP contribution in [0.5, 0.6) is 5.75 Å². The first kappa shape index (κ1) is 16.9. The number of nitrogens with zero attached hydrogens (tertiary/aromatic N) is 1. The highest BCUT2D eigenvalue weighted by atomic mass is 16.5. The third-order valence-electron chi connectivity index (χ3n) is 5.32. The number of benzene rings is 1. The van der Waals surface area contributed by atoms with Crippen molar-refractivity contribution >= 4 is 11.7 Å². The zero-order valence-electron chi connectivity index (χ0n) is 15.2. The number of likely N-dealkylation sites (tertiary alicyclic amines) is 1. The van der Waals surface area contributed by atoms with Crippen molar-refractivity contribution in [2.45, 2.75) is 39.2 Å². The normalized spacial score (nSPS) is 22.7. The summed E-state index contributed by atoms with van der Waals surface area (Å²) in [6, 6.07) is 9.26. The van der Waals surface area contributed by atoms with E-state index in [0.29, 0.717) is 36.6 Å². The summed E-state index contributed by atoms with van der Waals surface area (Å²) in [6.07, 6.45) is 2.07. The first-order chi connectivity index (χ1) is 12.5. The van der Waals surface area contributed by atoms with Crippen molar-refractivity contribution in [3.63, 3.8) is 0 Å². The summed E-state index contributed by atoms with van der Waals surface area (Å²) in [5.41, 5.74) is 1.73. The van der Waals surface area contributed by atoms with E-state index in [4.69, 9.17) is 9.15 Å². The number of carbonyl (C=O) groups is 2. The molecule has 0 radical (unpaired) electrons. The van der Waals surface area contributed by atoms with Crippen LogP contribution in [0.4, 0.5) is 0 Å². The van der Waals surface area contributed by atoms with E-state index in [1.54, 1.807) is 12.1 Å². The first-order valence-corrected chi connectivity index (χ1v) is 9.17. The summed E-state index contributed by atoms with van der Waals surface area (Å²) < 4.78 is 11.6. The molecule has 2 atom stereocenters. The smallest absolute Gasteiger partial charge is 0.289 e. The molecule has 0 saturated carbocycles. The summed E-state index contributed by atoms with van der Waals surface area (Å²) in [5.74, 6) is 1.98. The van der Waals surface area contributed by atoms with E-state index in [-0.39, 0.29) is 23.7 Å². The van der Waals surface area contributed by atoms with Gasteiger partial charge in [-0.15, -0.1) is 0 Å². The van der Waals surface area contributed by atoms with Gasteiger partial charge in [0.2, 0.25) is 0 Å². The van der Waals surface area contributed by atoms with Crippen LogP contribution in [0.3, 0.4) is 0 Å². The maximum absolute atomic E-state index is 12.7. The molecule has 1 saturated heterocycles. The van der Waals surface area contributed by atoms with Gasteiger partial charge < -0.3 is 14.1 Å². The number of ether oxygens (including phenoxy) is 1. The minimum absolute atomic E-state index is 0.0824. The van der Waals surface area contributed by atoms with Gasteiger partial charge in [-0.3, -0.25) is 9.59 Å². The highest BCUT2D eigenvalue weighted by Gasteiger charge is 2.36. The Labute approximate surface area is 152 Å². The molecule has 4 rings (SSSR count). The zero-order valence-corrected chi connectivity index (χ0v) is 15.2. The molecular formula is C21H23NO4. The largest absolute Gasteiger partial charge is 0.489 e. The second-order valence-electron chi connectivity index (χ2n) is 7.35. The van der Waals surface area contributed by atoms with Gasteiger partial charge in [-0.1, -0.05) is 11.6 Å². The fraction of sp³-hybridized carbons (Fsp3) is 0.429. The number of ketones is 1. The van der Waals surface area contributed by atoms with Crippen molar-refractivity contribution in [2.24, 2.45) is 5.92 Å². The summed E-state index contributed by atoms with van der Waals surface area (Å²) in [4.78, 5) is 27.0. The number of amides is 1. The minimum Gasteiger partial charge on any atom is -0.489 e. The Morgan fingerprint density at radius 3 is 2.81 bits per heavy atom. The molecule has 0 aliphatic carbocycles. The molecule has 1 aromatic carbocycles. The van der Waals surface area contributed by atoms with Crippen molar-refractivity contribution in [3.05, 3.63) is 53.0 Å². The van der Waals surface area contributed by atoms with Crippen LogP contribution in [0.2, 0.25) is 0 Å². The molecule has 2 aliphatic rings. The molecule has 1 amide bonds. The molecule has 2 aliphatic heterocycles. The monoisotopic (exact) mass is 353 g/mol. The standard InChI is InChI=1S/C21H23NO4/c1-13-5-7-18-16(10-13)17(23)11-20(26-18)15-4-3-9-22(12-15)21(24)19-8-6-14(2)25-19/h5-8,10,15,20H,3-4,9,11-12H2,1-2H3/t15-,20+/m1/s1. The summed E-state index contributed by atoms with van der Waals surface area (Å²) >= 11 is 0. The van der Waals surface area contributed by atoms with Gasteiger partial charge >= 0.3 is 0 Å². The molecule has 136 valence electrons. The number of fused-ring (bicyclic) bond motifs is 1. The Balaban J connectivity index is 1.49. The molecule has 0 bridgehead atoms. The van der Waals surface area contributed by atoms with Gasteiger partial charge in [0.25, 0.3) is 5.91 Å². The predicted octanol–water partition coefficient (Wildman–Crippen LogP) is 3.78. The van der Waals surface area contributed by atoms with E-state index in [2.05, 4.69) is 0 Å². The van der Waals surface area contributed by atoms with E-state index in [1.165, 1.54) is 0 Å². The van der Waals surface area contributed by atoms with Crippen LogP contribution in [-0.4, -0.2) is 35.8 Å². The lowest BCUT2D eigenvalue weighted by Gasteiger charge is -2.38. The highest BCUT2D eigenvalue weighted by molar-refractivity contribution is 6.00. The second-order valence-corrected chi connectivity index (χ2v) is 7.35.